The zero-order valence-corrected chi connectivity index (χ0v) is 11.7. The van der Waals surface area contributed by atoms with E-state index < -0.39 is 26.5 Å². The zero-order chi connectivity index (χ0) is 15.6. The van der Waals surface area contributed by atoms with Gasteiger partial charge in [-0.1, -0.05) is 12.1 Å². The standard InChI is InChI=1S/C13H11FN2O4S/c1-9-3-2-4-10(7-9)15-21(19,20)11-5-6-13(16(17)18)12(14)8-11/h2-8,15H,1H3. The number of nitrogens with zero attached hydrogens (tertiary/aromatic N) is 1. The minimum atomic E-state index is -4.01. The third-order valence-corrected chi connectivity index (χ3v) is 4.08. The highest BCUT2D eigenvalue weighted by atomic mass is 32.2. The Bertz CT molecular complexity index is 806. The lowest BCUT2D eigenvalue weighted by Gasteiger charge is -2.08. The Labute approximate surface area is 120 Å². The van der Waals surface area contributed by atoms with Crippen molar-refractivity contribution in [2.45, 2.75) is 11.8 Å². The van der Waals surface area contributed by atoms with E-state index in [0.29, 0.717) is 11.8 Å². The molecule has 0 spiro atoms. The average Bonchev–Trinajstić information content (AvgIpc) is 2.37. The van der Waals surface area contributed by atoms with Gasteiger partial charge in [-0.05, 0) is 30.7 Å². The number of nitro groups is 1. The quantitative estimate of drug-likeness (QED) is 0.694. The van der Waals surface area contributed by atoms with Crippen LogP contribution in [0.5, 0.6) is 0 Å². The second-order valence-corrected chi connectivity index (χ2v) is 6.03. The highest BCUT2D eigenvalue weighted by Gasteiger charge is 2.20. The maximum absolute atomic E-state index is 13.5. The van der Waals surface area contributed by atoms with E-state index in [9.17, 15) is 22.9 Å². The molecule has 0 fully saturated rings. The lowest BCUT2D eigenvalue weighted by molar-refractivity contribution is -0.387. The maximum Gasteiger partial charge on any atom is 0.304 e. The average molecular weight is 310 g/mol. The van der Waals surface area contributed by atoms with Gasteiger partial charge in [-0.15, -0.1) is 0 Å². The van der Waals surface area contributed by atoms with Gasteiger partial charge in [-0.3, -0.25) is 14.8 Å². The number of nitro benzene ring substituents is 1. The molecule has 0 aliphatic rings. The minimum absolute atomic E-state index is 0.328. The molecular formula is C13H11FN2O4S. The van der Waals surface area contributed by atoms with Gasteiger partial charge in [0, 0.05) is 17.8 Å². The van der Waals surface area contributed by atoms with Gasteiger partial charge in [0.2, 0.25) is 5.82 Å². The van der Waals surface area contributed by atoms with Crippen LogP contribution in [0.2, 0.25) is 0 Å². The first-order valence-electron chi connectivity index (χ1n) is 5.83. The molecule has 0 saturated carbocycles. The topological polar surface area (TPSA) is 89.3 Å². The second kappa shape index (κ2) is 5.49. The Balaban J connectivity index is 2.36. The van der Waals surface area contributed by atoms with Gasteiger partial charge >= 0.3 is 5.69 Å². The summed E-state index contributed by atoms with van der Waals surface area (Å²) in [4.78, 5) is 9.21. The first kappa shape index (κ1) is 14.9. The first-order chi connectivity index (χ1) is 9.79. The predicted molar refractivity (Wildman–Crippen MR) is 75.0 cm³/mol. The fourth-order valence-electron chi connectivity index (χ4n) is 1.73. The van der Waals surface area contributed by atoms with E-state index in [2.05, 4.69) is 4.72 Å². The van der Waals surface area contributed by atoms with Gasteiger partial charge in [0.25, 0.3) is 10.0 Å². The Hall–Kier alpha value is -2.48. The van der Waals surface area contributed by atoms with Gasteiger partial charge in [0.1, 0.15) is 0 Å². The molecule has 0 aliphatic heterocycles. The fraction of sp³-hybridized carbons (Fsp3) is 0.0769. The van der Waals surface area contributed by atoms with Gasteiger partial charge in [-0.2, -0.15) is 4.39 Å². The molecule has 8 heteroatoms. The Morgan fingerprint density at radius 2 is 1.90 bits per heavy atom. The molecule has 2 aromatic rings. The summed E-state index contributed by atoms with van der Waals surface area (Å²) in [6, 6.07) is 9.05. The normalized spacial score (nSPS) is 11.1. The molecule has 0 radical (unpaired) electrons. The first-order valence-corrected chi connectivity index (χ1v) is 7.31. The van der Waals surface area contributed by atoms with Crippen LogP contribution in [0.4, 0.5) is 15.8 Å². The molecule has 0 bridgehead atoms. The summed E-state index contributed by atoms with van der Waals surface area (Å²) in [6.07, 6.45) is 0. The highest BCUT2D eigenvalue weighted by Crippen LogP contribution is 2.22. The number of nitrogens with one attached hydrogen (secondary N) is 1. The van der Waals surface area contributed by atoms with Gasteiger partial charge in [0.05, 0.1) is 9.82 Å². The van der Waals surface area contributed by atoms with E-state index >= 15 is 0 Å². The molecular weight excluding hydrogens is 299 g/mol. The number of benzene rings is 2. The largest absolute Gasteiger partial charge is 0.304 e. The molecule has 0 aliphatic carbocycles. The van der Waals surface area contributed by atoms with Gasteiger partial charge < -0.3 is 0 Å². The monoisotopic (exact) mass is 310 g/mol. The molecule has 1 N–H and O–H groups in total. The lowest BCUT2D eigenvalue weighted by atomic mass is 10.2. The number of sulfonamides is 1. The third kappa shape index (κ3) is 3.34. The van der Waals surface area contributed by atoms with Crippen molar-refractivity contribution in [2.24, 2.45) is 0 Å². The number of anilines is 1. The molecule has 0 heterocycles. The van der Waals surface area contributed by atoms with Gasteiger partial charge in [-0.25, -0.2) is 8.42 Å². The number of aryl methyl sites for hydroxylation is 1. The number of halogens is 1. The SMILES string of the molecule is Cc1cccc(NS(=O)(=O)c2ccc([N+](=O)[O-])c(F)c2)c1. The van der Waals surface area contributed by atoms with E-state index in [1.54, 1.807) is 31.2 Å². The van der Waals surface area contributed by atoms with Crippen LogP contribution in [0.1, 0.15) is 5.56 Å². The number of hydrogen-bond donors (Lipinski definition) is 1. The summed E-state index contributed by atoms with van der Waals surface area (Å²) in [5.41, 5.74) is 0.406. The van der Waals surface area contributed by atoms with Crippen LogP contribution in [0, 0.1) is 22.9 Å². The molecule has 6 nitrogen and oxygen atoms in total. The summed E-state index contributed by atoms with van der Waals surface area (Å²) in [7, 11) is -4.01. The molecule has 2 rings (SSSR count). The van der Waals surface area contributed by atoms with Crippen LogP contribution in [-0.4, -0.2) is 13.3 Å². The summed E-state index contributed by atoms with van der Waals surface area (Å²) >= 11 is 0. The Morgan fingerprint density at radius 1 is 1.19 bits per heavy atom. The van der Waals surface area contributed by atoms with Crippen molar-refractivity contribution in [3.05, 3.63) is 64.0 Å². The fourth-order valence-corrected chi connectivity index (χ4v) is 2.79. The van der Waals surface area contributed by atoms with Crippen LogP contribution in [-0.2, 0) is 10.0 Å². The van der Waals surface area contributed by atoms with Crippen molar-refractivity contribution >= 4 is 21.4 Å². The smallest absolute Gasteiger partial charge is 0.280 e. The van der Waals surface area contributed by atoms with E-state index in [1.807, 2.05) is 0 Å². The van der Waals surface area contributed by atoms with E-state index in [0.717, 1.165) is 17.7 Å². The van der Waals surface area contributed by atoms with E-state index in [1.165, 1.54) is 0 Å². The summed E-state index contributed by atoms with van der Waals surface area (Å²) in [6.45, 7) is 1.79. The molecule has 0 atom stereocenters. The molecule has 110 valence electrons. The molecule has 0 aromatic heterocycles. The molecule has 0 unspecified atom stereocenters. The van der Waals surface area contributed by atoms with E-state index in [-0.39, 0.29) is 4.90 Å². The molecule has 21 heavy (non-hydrogen) atoms. The van der Waals surface area contributed by atoms with Crippen molar-refractivity contribution in [1.29, 1.82) is 0 Å². The predicted octanol–water partition coefficient (Wildman–Crippen LogP) is 2.84. The number of hydrogen-bond acceptors (Lipinski definition) is 4. The lowest BCUT2D eigenvalue weighted by Crippen LogP contribution is -2.13. The second-order valence-electron chi connectivity index (χ2n) is 4.35. The highest BCUT2D eigenvalue weighted by molar-refractivity contribution is 7.92. The van der Waals surface area contributed by atoms with Crippen molar-refractivity contribution < 1.29 is 17.7 Å². The number of rotatable bonds is 4. The summed E-state index contributed by atoms with van der Waals surface area (Å²) in [5, 5.41) is 10.5. The van der Waals surface area contributed by atoms with Crippen LogP contribution in [0.15, 0.2) is 47.4 Å². The minimum Gasteiger partial charge on any atom is -0.280 e. The van der Waals surface area contributed by atoms with Crippen LogP contribution >= 0.6 is 0 Å². The van der Waals surface area contributed by atoms with Gasteiger partial charge in [0.15, 0.2) is 0 Å². The van der Waals surface area contributed by atoms with E-state index in [4.69, 9.17) is 0 Å². The summed E-state index contributed by atoms with van der Waals surface area (Å²) in [5.74, 6) is -1.20. The summed E-state index contributed by atoms with van der Waals surface area (Å²) < 4.78 is 40.0. The third-order valence-electron chi connectivity index (χ3n) is 2.70. The molecule has 0 saturated heterocycles. The molecule has 2 aromatic carbocycles. The van der Waals surface area contributed by atoms with Crippen molar-refractivity contribution in [3.8, 4) is 0 Å². The zero-order valence-electron chi connectivity index (χ0n) is 10.9. The van der Waals surface area contributed by atoms with Crippen molar-refractivity contribution in [2.75, 3.05) is 4.72 Å². The Morgan fingerprint density at radius 3 is 2.48 bits per heavy atom. The van der Waals surface area contributed by atoms with Crippen LogP contribution in [0.25, 0.3) is 0 Å². The van der Waals surface area contributed by atoms with Crippen molar-refractivity contribution in [3.63, 3.8) is 0 Å². The maximum atomic E-state index is 13.5. The van der Waals surface area contributed by atoms with Crippen molar-refractivity contribution in [1.82, 2.24) is 0 Å². The molecule has 0 amide bonds. The Kier molecular flexibility index (Phi) is 3.90. The van der Waals surface area contributed by atoms with Crippen LogP contribution < -0.4 is 4.72 Å². The van der Waals surface area contributed by atoms with Crippen LogP contribution in [0.3, 0.4) is 0 Å².